The first-order chi connectivity index (χ1) is 8.97. The summed E-state index contributed by atoms with van der Waals surface area (Å²) in [5, 5.41) is 26.8. The van der Waals surface area contributed by atoms with Crippen LogP contribution in [0.5, 0.6) is 0 Å². The fourth-order valence-corrected chi connectivity index (χ4v) is 1.96. The number of hydrogen-bond donors (Lipinski definition) is 1. The zero-order valence-corrected chi connectivity index (χ0v) is 10.9. The van der Waals surface area contributed by atoms with Crippen LogP contribution in [0, 0.1) is 10.1 Å². The highest BCUT2D eigenvalue weighted by atomic mass is 79.9. The van der Waals surface area contributed by atoms with Crippen molar-refractivity contribution in [1.82, 2.24) is 15.0 Å². The fraction of sp³-hybridized carbons (Fsp3) is 0.100. The van der Waals surface area contributed by atoms with E-state index in [1.165, 1.54) is 29.1 Å². The molecule has 9 heteroatoms. The van der Waals surface area contributed by atoms with Gasteiger partial charge in [-0.05, 0) is 28.1 Å². The number of nitro benzene ring substituents is 1. The highest BCUT2D eigenvalue weighted by molar-refractivity contribution is 9.10. The Morgan fingerprint density at radius 3 is 2.84 bits per heavy atom. The van der Waals surface area contributed by atoms with E-state index in [0.717, 1.165) is 0 Å². The topological polar surface area (TPSA) is 111 Å². The van der Waals surface area contributed by atoms with Crippen molar-refractivity contribution in [3.8, 4) is 5.69 Å². The summed E-state index contributed by atoms with van der Waals surface area (Å²) in [6.07, 6.45) is 1.23. The Labute approximate surface area is 114 Å². The number of carboxylic acids is 1. The predicted molar refractivity (Wildman–Crippen MR) is 67.1 cm³/mol. The molecule has 1 aromatic carbocycles. The lowest BCUT2D eigenvalue weighted by molar-refractivity contribution is -0.385. The molecule has 2 aromatic rings. The second kappa shape index (κ2) is 5.14. The minimum absolute atomic E-state index is 0.0605. The van der Waals surface area contributed by atoms with E-state index in [9.17, 15) is 14.9 Å². The third-order valence-electron chi connectivity index (χ3n) is 2.27. The van der Waals surface area contributed by atoms with E-state index in [-0.39, 0.29) is 12.1 Å². The van der Waals surface area contributed by atoms with Gasteiger partial charge in [0.05, 0.1) is 33.4 Å². The molecule has 0 saturated heterocycles. The Morgan fingerprint density at radius 1 is 1.53 bits per heavy atom. The monoisotopic (exact) mass is 326 g/mol. The van der Waals surface area contributed by atoms with E-state index in [1.807, 2.05) is 0 Å². The van der Waals surface area contributed by atoms with Gasteiger partial charge in [-0.15, -0.1) is 5.10 Å². The van der Waals surface area contributed by atoms with Gasteiger partial charge in [0, 0.05) is 6.07 Å². The minimum Gasteiger partial charge on any atom is -0.481 e. The summed E-state index contributed by atoms with van der Waals surface area (Å²) in [7, 11) is 0. The molecule has 8 nitrogen and oxygen atoms in total. The Morgan fingerprint density at radius 2 is 2.26 bits per heavy atom. The first-order valence-electron chi connectivity index (χ1n) is 5.04. The van der Waals surface area contributed by atoms with Gasteiger partial charge in [-0.2, -0.15) is 0 Å². The molecule has 0 amide bonds. The smallest absolute Gasteiger partial charge is 0.309 e. The largest absolute Gasteiger partial charge is 0.481 e. The lowest BCUT2D eigenvalue weighted by atomic mass is 10.3. The average molecular weight is 327 g/mol. The average Bonchev–Trinajstić information content (AvgIpc) is 2.75. The van der Waals surface area contributed by atoms with Crippen molar-refractivity contribution in [2.24, 2.45) is 0 Å². The summed E-state index contributed by atoms with van der Waals surface area (Å²) in [6.45, 7) is 0. The van der Waals surface area contributed by atoms with Gasteiger partial charge in [-0.25, -0.2) is 4.68 Å². The SMILES string of the molecule is O=C(O)Cc1cn(-c2ccc([N+](=O)[O-])c(Br)c2)nn1. The molecule has 0 fully saturated rings. The second-order valence-corrected chi connectivity index (χ2v) is 4.47. The summed E-state index contributed by atoms with van der Waals surface area (Å²) >= 11 is 3.09. The van der Waals surface area contributed by atoms with Crippen molar-refractivity contribution < 1.29 is 14.8 Å². The first-order valence-corrected chi connectivity index (χ1v) is 5.84. The van der Waals surface area contributed by atoms with E-state index in [0.29, 0.717) is 15.9 Å². The third kappa shape index (κ3) is 2.94. The summed E-state index contributed by atoms with van der Waals surface area (Å²) in [5.74, 6) is -1.00. The Bertz CT molecular complexity index is 655. The number of hydrogen-bond acceptors (Lipinski definition) is 5. The van der Waals surface area contributed by atoms with Crippen LogP contribution < -0.4 is 0 Å². The molecular weight excluding hydrogens is 320 g/mol. The van der Waals surface area contributed by atoms with E-state index < -0.39 is 10.9 Å². The second-order valence-electron chi connectivity index (χ2n) is 3.62. The van der Waals surface area contributed by atoms with Crippen LogP contribution >= 0.6 is 15.9 Å². The lowest BCUT2D eigenvalue weighted by Gasteiger charge is -2.01. The van der Waals surface area contributed by atoms with E-state index in [4.69, 9.17) is 5.11 Å². The fourth-order valence-electron chi connectivity index (χ4n) is 1.45. The van der Waals surface area contributed by atoms with Crippen LogP contribution in [0.3, 0.4) is 0 Å². The number of aliphatic carboxylic acids is 1. The molecule has 98 valence electrons. The van der Waals surface area contributed by atoms with Crippen molar-refractivity contribution >= 4 is 27.6 Å². The normalized spacial score (nSPS) is 10.4. The molecule has 0 radical (unpaired) electrons. The maximum atomic E-state index is 10.7. The van der Waals surface area contributed by atoms with Gasteiger partial charge < -0.3 is 5.11 Å². The molecule has 0 unspecified atom stereocenters. The van der Waals surface area contributed by atoms with Crippen LogP contribution in [0.4, 0.5) is 5.69 Å². The molecule has 0 bridgehead atoms. The van der Waals surface area contributed by atoms with Gasteiger partial charge in [0.25, 0.3) is 5.69 Å². The number of benzene rings is 1. The summed E-state index contributed by atoms with van der Waals surface area (Å²) < 4.78 is 1.66. The van der Waals surface area contributed by atoms with Crippen molar-refractivity contribution in [1.29, 1.82) is 0 Å². The summed E-state index contributed by atoms with van der Waals surface area (Å²) in [6, 6.07) is 4.34. The molecule has 0 aliphatic rings. The Balaban J connectivity index is 2.32. The van der Waals surface area contributed by atoms with Crippen LogP contribution in [-0.4, -0.2) is 31.0 Å². The number of nitro groups is 1. The lowest BCUT2D eigenvalue weighted by Crippen LogP contribution is -2.00. The number of nitrogens with zero attached hydrogens (tertiary/aromatic N) is 4. The predicted octanol–water partition coefficient (Wildman–Crippen LogP) is 1.57. The van der Waals surface area contributed by atoms with Gasteiger partial charge in [-0.1, -0.05) is 5.21 Å². The number of aromatic nitrogens is 3. The van der Waals surface area contributed by atoms with E-state index in [1.54, 1.807) is 0 Å². The highest BCUT2D eigenvalue weighted by Crippen LogP contribution is 2.26. The number of carboxylic acid groups (broad SMARTS) is 1. The zero-order chi connectivity index (χ0) is 14.0. The van der Waals surface area contributed by atoms with E-state index in [2.05, 4.69) is 26.2 Å². The maximum Gasteiger partial charge on any atom is 0.309 e. The molecule has 1 N–H and O–H groups in total. The summed E-state index contributed by atoms with van der Waals surface area (Å²) in [4.78, 5) is 20.7. The van der Waals surface area contributed by atoms with Gasteiger partial charge in [0.2, 0.25) is 0 Å². The van der Waals surface area contributed by atoms with Crippen LogP contribution in [0.15, 0.2) is 28.9 Å². The first kappa shape index (κ1) is 13.1. The van der Waals surface area contributed by atoms with Gasteiger partial charge in [0.15, 0.2) is 0 Å². The number of rotatable bonds is 4. The quantitative estimate of drug-likeness (QED) is 0.674. The van der Waals surface area contributed by atoms with Gasteiger partial charge in [0.1, 0.15) is 0 Å². The highest BCUT2D eigenvalue weighted by Gasteiger charge is 2.13. The van der Waals surface area contributed by atoms with E-state index >= 15 is 0 Å². The molecule has 1 aromatic heterocycles. The van der Waals surface area contributed by atoms with Crippen molar-refractivity contribution in [2.75, 3.05) is 0 Å². The molecule has 0 aliphatic heterocycles. The number of halogens is 1. The molecule has 2 rings (SSSR count). The minimum atomic E-state index is -1.00. The summed E-state index contributed by atoms with van der Waals surface area (Å²) in [5.41, 5.74) is 0.790. The van der Waals surface area contributed by atoms with Crippen molar-refractivity contribution in [3.63, 3.8) is 0 Å². The van der Waals surface area contributed by atoms with Gasteiger partial charge in [-0.3, -0.25) is 14.9 Å². The Kier molecular flexibility index (Phi) is 3.56. The van der Waals surface area contributed by atoms with Crippen molar-refractivity contribution in [2.45, 2.75) is 6.42 Å². The molecule has 19 heavy (non-hydrogen) atoms. The standard InChI is InChI=1S/C10H7BrN4O4/c11-8-4-7(1-2-9(8)15(18)19)14-5-6(12-13-14)3-10(16)17/h1-2,4-5H,3H2,(H,16,17). The molecule has 0 aliphatic carbocycles. The molecule has 0 saturated carbocycles. The van der Waals surface area contributed by atoms with Crippen LogP contribution in [0.25, 0.3) is 5.69 Å². The van der Waals surface area contributed by atoms with Crippen LogP contribution in [-0.2, 0) is 11.2 Å². The van der Waals surface area contributed by atoms with Crippen LogP contribution in [0.2, 0.25) is 0 Å². The number of carbonyl (C=O) groups is 1. The maximum absolute atomic E-state index is 10.7. The molecular formula is C10H7BrN4O4. The Hall–Kier alpha value is -2.29. The molecule has 1 heterocycles. The molecule has 0 spiro atoms. The zero-order valence-electron chi connectivity index (χ0n) is 9.36. The van der Waals surface area contributed by atoms with Crippen molar-refractivity contribution in [3.05, 3.63) is 44.7 Å². The van der Waals surface area contributed by atoms with Gasteiger partial charge >= 0.3 is 5.97 Å². The molecule has 0 atom stereocenters. The van der Waals surface area contributed by atoms with Crippen LogP contribution in [0.1, 0.15) is 5.69 Å². The third-order valence-corrected chi connectivity index (χ3v) is 2.90.